The standard InChI is InChI=1S/C20H22N2O4S/c1-14(15-8-5-4-6-9-15)21-18(23)16-10-7-11-17(12-16)22-19(24)20(2,3)13-27(22,25)26/h4-12,14H,13H2,1-3H3,(H,21,23)/t14-/m1/s1. The lowest BCUT2D eigenvalue weighted by molar-refractivity contribution is -0.123. The summed E-state index contributed by atoms with van der Waals surface area (Å²) in [5.41, 5.74) is 0.452. The van der Waals surface area contributed by atoms with E-state index in [1.54, 1.807) is 26.0 Å². The Balaban J connectivity index is 1.86. The smallest absolute Gasteiger partial charge is 0.251 e. The van der Waals surface area contributed by atoms with Crippen molar-refractivity contribution in [2.75, 3.05) is 10.1 Å². The zero-order valence-electron chi connectivity index (χ0n) is 15.5. The van der Waals surface area contributed by atoms with Gasteiger partial charge in [-0.25, -0.2) is 12.7 Å². The molecule has 2 aromatic rings. The molecule has 6 nitrogen and oxygen atoms in total. The molecule has 142 valence electrons. The highest BCUT2D eigenvalue weighted by Gasteiger charge is 2.49. The normalized spacial score (nSPS) is 18.9. The Bertz CT molecular complexity index is 984. The molecule has 2 amide bonds. The van der Waals surface area contributed by atoms with Crippen LogP contribution in [0.1, 0.15) is 42.7 Å². The van der Waals surface area contributed by atoms with E-state index in [-0.39, 0.29) is 23.4 Å². The fourth-order valence-electron chi connectivity index (χ4n) is 3.14. The number of anilines is 1. The summed E-state index contributed by atoms with van der Waals surface area (Å²) in [4.78, 5) is 25.1. The van der Waals surface area contributed by atoms with Gasteiger partial charge >= 0.3 is 0 Å². The van der Waals surface area contributed by atoms with Gasteiger partial charge in [0.1, 0.15) is 0 Å². The summed E-state index contributed by atoms with van der Waals surface area (Å²) in [5, 5.41) is 2.89. The number of nitrogens with one attached hydrogen (secondary N) is 1. The van der Waals surface area contributed by atoms with E-state index in [4.69, 9.17) is 0 Å². The number of amides is 2. The number of benzene rings is 2. The summed E-state index contributed by atoms with van der Waals surface area (Å²) in [5.74, 6) is -1.07. The number of hydrogen-bond acceptors (Lipinski definition) is 4. The maximum absolute atomic E-state index is 12.6. The van der Waals surface area contributed by atoms with E-state index < -0.39 is 21.3 Å². The Labute approximate surface area is 159 Å². The molecule has 0 unspecified atom stereocenters. The molecule has 1 heterocycles. The molecule has 0 radical (unpaired) electrons. The molecule has 2 aromatic carbocycles. The van der Waals surface area contributed by atoms with Crippen LogP contribution in [0.25, 0.3) is 0 Å². The van der Waals surface area contributed by atoms with E-state index in [1.165, 1.54) is 12.1 Å². The summed E-state index contributed by atoms with van der Waals surface area (Å²) in [6.07, 6.45) is 0. The van der Waals surface area contributed by atoms with Crippen molar-refractivity contribution in [1.82, 2.24) is 5.32 Å². The molecule has 0 spiro atoms. The van der Waals surface area contributed by atoms with Crippen molar-refractivity contribution in [3.8, 4) is 0 Å². The van der Waals surface area contributed by atoms with E-state index >= 15 is 0 Å². The molecule has 0 bridgehead atoms. The Kier molecular flexibility index (Phi) is 4.82. The van der Waals surface area contributed by atoms with Gasteiger partial charge in [0, 0.05) is 5.56 Å². The summed E-state index contributed by atoms with van der Waals surface area (Å²) in [6.45, 7) is 5.07. The van der Waals surface area contributed by atoms with Crippen LogP contribution in [0.4, 0.5) is 5.69 Å². The highest BCUT2D eigenvalue weighted by Crippen LogP contribution is 2.35. The van der Waals surface area contributed by atoms with E-state index in [1.807, 2.05) is 37.3 Å². The van der Waals surface area contributed by atoms with Gasteiger partial charge in [-0.1, -0.05) is 36.4 Å². The van der Waals surface area contributed by atoms with Gasteiger partial charge in [-0.05, 0) is 44.5 Å². The summed E-state index contributed by atoms with van der Waals surface area (Å²) >= 11 is 0. The molecule has 1 fully saturated rings. The van der Waals surface area contributed by atoms with E-state index in [2.05, 4.69) is 5.32 Å². The first-order chi connectivity index (χ1) is 12.6. The van der Waals surface area contributed by atoms with Crippen molar-refractivity contribution in [1.29, 1.82) is 0 Å². The van der Waals surface area contributed by atoms with Gasteiger partial charge in [0.25, 0.3) is 5.91 Å². The predicted octanol–water partition coefficient (Wildman–Crippen LogP) is 2.88. The second-order valence-electron chi connectivity index (χ2n) is 7.37. The minimum atomic E-state index is -3.75. The number of nitrogens with zero attached hydrogens (tertiary/aromatic N) is 1. The number of sulfonamides is 1. The fraction of sp³-hybridized carbons (Fsp3) is 0.300. The lowest BCUT2D eigenvalue weighted by Gasteiger charge is -2.19. The number of carbonyl (C=O) groups excluding carboxylic acids is 2. The molecule has 7 heteroatoms. The Morgan fingerprint density at radius 3 is 2.37 bits per heavy atom. The van der Waals surface area contributed by atoms with Gasteiger partial charge < -0.3 is 5.32 Å². The molecule has 27 heavy (non-hydrogen) atoms. The topological polar surface area (TPSA) is 83.6 Å². The molecule has 1 atom stereocenters. The predicted molar refractivity (Wildman–Crippen MR) is 104 cm³/mol. The van der Waals surface area contributed by atoms with Crippen molar-refractivity contribution in [3.63, 3.8) is 0 Å². The Hall–Kier alpha value is -2.67. The summed E-state index contributed by atoms with van der Waals surface area (Å²) in [7, 11) is -3.75. The largest absolute Gasteiger partial charge is 0.346 e. The van der Waals surface area contributed by atoms with Crippen LogP contribution in [0.5, 0.6) is 0 Å². The number of carbonyl (C=O) groups is 2. The van der Waals surface area contributed by atoms with Crippen molar-refractivity contribution in [2.24, 2.45) is 5.41 Å². The van der Waals surface area contributed by atoms with Crippen LogP contribution in [0, 0.1) is 5.41 Å². The third kappa shape index (κ3) is 3.73. The van der Waals surface area contributed by atoms with Crippen LogP contribution in [0.3, 0.4) is 0 Å². The number of hydrogen-bond donors (Lipinski definition) is 1. The first-order valence-corrected chi connectivity index (χ1v) is 10.3. The highest BCUT2D eigenvalue weighted by molar-refractivity contribution is 7.94. The molecule has 0 aromatic heterocycles. The summed E-state index contributed by atoms with van der Waals surface area (Å²) in [6, 6.07) is 15.4. The van der Waals surface area contributed by atoms with Gasteiger partial charge in [-0.15, -0.1) is 0 Å². The average Bonchev–Trinajstić information content (AvgIpc) is 2.78. The van der Waals surface area contributed by atoms with E-state index in [9.17, 15) is 18.0 Å². The quantitative estimate of drug-likeness (QED) is 0.876. The SMILES string of the molecule is C[C@@H](NC(=O)c1cccc(N2C(=O)C(C)(C)CS2(=O)=O)c1)c1ccccc1. The molecule has 3 rings (SSSR count). The average molecular weight is 386 g/mol. The zero-order chi connectivity index (χ0) is 19.8. The van der Waals surface area contributed by atoms with Crippen molar-refractivity contribution in [2.45, 2.75) is 26.8 Å². The minimum Gasteiger partial charge on any atom is -0.346 e. The Morgan fingerprint density at radius 2 is 1.78 bits per heavy atom. The summed E-state index contributed by atoms with van der Waals surface area (Å²) < 4.78 is 25.7. The van der Waals surface area contributed by atoms with E-state index in [0.29, 0.717) is 5.56 Å². The van der Waals surface area contributed by atoms with Crippen LogP contribution >= 0.6 is 0 Å². The van der Waals surface area contributed by atoms with Gasteiger partial charge in [0.05, 0.1) is 22.9 Å². The van der Waals surface area contributed by atoms with Crippen LogP contribution in [0.2, 0.25) is 0 Å². The van der Waals surface area contributed by atoms with Crippen LogP contribution < -0.4 is 9.62 Å². The first-order valence-electron chi connectivity index (χ1n) is 8.65. The first kappa shape index (κ1) is 19.1. The van der Waals surface area contributed by atoms with Crippen LogP contribution in [0.15, 0.2) is 54.6 Å². The lowest BCUT2D eigenvalue weighted by atomic mass is 9.95. The molecule has 0 saturated carbocycles. The van der Waals surface area contributed by atoms with Crippen molar-refractivity contribution in [3.05, 3.63) is 65.7 Å². The highest BCUT2D eigenvalue weighted by atomic mass is 32.2. The second kappa shape index (κ2) is 6.81. The monoisotopic (exact) mass is 386 g/mol. The van der Waals surface area contributed by atoms with E-state index in [0.717, 1.165) is 9.87 Å². The fourth-order valence-corrected chi connectivity index (χ4v) is 5.24. The Morgan fingerprint density at radius 1 is 1.11 bits per heavy atom. The minimum absolute atomic E-state index is 0.186. The molecular formula is C20H22N2O4S. The molecular weight excluding hydrogens is 364 g/mol. The van der Waals surface area contributed by atoms with Gasteiger partial charge in [-0.2, -0.15) is 0 Å². The molecule has 0 aliphatic carbocycles. The molecule has 1 aliphatic rings. The van der Waals surface area contributed by atoms with Crippen molar-refractivity contribution >= 4 is 27.5 Å². The van der Waals surface area contributed by atoms with Crippen LogP contribution in [-0.2, 0) is 14.8 Å². The maximum Gasteiger partial charge on any atom is 0.251 e. The van der Waals surface area contributed by atoms with Crippen molar-refractivity contribution < 1.29 is 18.0 Å². The van der Waals surface area contributed by atoms with Gasteiger partial charge in [0.2, 0.25) is 15.9 Å². The van der Waals surface area contributed by atoms with Gasteiger partial charge in [-0.3, -0.25) is 9.59 Å². The number of rotatable bonds is 4. The molecule has 1 N–H and O–H groups in total. The van der Waals surface area contributed by atoms with Gasteiger partial charge in [0.15, 0.2) is 0 Å². The third-order valence-electron chi connectivity index (χ3n) is 4.57. The maximum atomic E-state index is 12.6. The molecule has 1 saturated heterocycles. The lowest BCUT2D eigenvalue weighted by Crippen LogP contribution is -2.33. The third-order valence-corrected chi connectivity index (χ3v) is 6.59. The second-order valence-corrected chi connectivity index (χ2v) is 9.18. The van der Waals surface area contributed by atoms with Crippen LogP contribution in [-0.4, -0.2) is 26.0 Å². The zero-order valence-corrected chi connectivity index (χ0v) is 16.3. The molecule has 1 aliphatic heterocycles.